The summed E-state index contributed by atoms with van der Waals surface area (Å²) in [5, 5.41) is 0. The van der Waals surface area contributed by atoms with Crippen LogP contribution in [0.2, 0.25) is 0 Å². The first kappa shape index (κ1) is 16.3. The molecule has 0 saturated heterocycles. The van der Waals surface area contributed by atoms with Crippen molar-refractivity contribution < 1.29 is 4.74 Å². The Morgan fingerprint density at radius 1 is 0.850 bits per heavy atom. The second-order valence-corrected chi connectivity index (χ2v) is 4.79. The molecule has 0 amide bonds. The van der Waals surface area contributed by atoms with Gasteiger partial charge in [0.15, 0.2) is 0 Å². The van der Waals surface area contributed by atoms with Gasteiger partial charge in [-0.2, -0.15) is 0 Å². The summed E-state index contributed by atoms with van der Waals surface area (Å²) in [6, 6.07) is 18.8. The Hall–Kier alpha value is -1.76. The molecule has 2 aromatic carbocycles. The van der Waals surface area contributed by atoms with E-state index in [1.54, 1.807) is 7.11 Å². The molecule has 0 bridgehead atoms. The van der Waals surface area contributed by atoms with E-state index in [9.17, 15) is 0 Å². The zero-order valence-corrected chi connectivity index (χ0v) is 12.9. The molecular formula is C19H26O. The van der Waals surface area contributed by atoms with Gasteiger partial charge in [-0.25, -0.2) is 0 Å². The predicted molar refractivity (Wildman–Crippen MR) is 87.4 cm³/mol. The lowest BCUT2D eigenvalue weighted by Crippen LogP contribution is -1.84. The third kappa shape index (κ3) is 6.42. The number of methoxy groups -OCH3 is 1. The minimum absolute atomic E-state index is 0.944. The van der Waals surface area contributed by atoms with Crippen LogP contribution >= 0.6 is 0 Å². The lowest BCUT2D eigenvalue weighted by Gasteiger charge is -2.00. The van der Waals surface area contributed by atoms with E-state index in [0.29, 0.717) is 0 Å². The molecule has 0 radical (unpaired) electrons. The fourth-order valence-electron chi connectivity index (χ4n) is 1.92. The van der Waals surface area contributed by atoms with Crippen molar-refractivity contribution in [2.24, 2.45) is 0 Å². The molecule has 0 unspecified atom stereocenters. The molecule has 0 heterocycles. The average Bonchev–Trinajstić information content (AvgIpc) is 2.54. The molecule has 1 nitrogen and oxygen atoms in total. The fourth-order valence-corrected chi connectivity index (χ4v) is 1.92. The van der Waals surface area contributed by atoms with Crippen LogP contribution in [0.3, 0.4) is 0 Å². The summed E-state index contributed by atoms with van der Waals surface area (Å²) in [4.78, 5) is 0. The van der Waals surface area contributed by atoms with Crippen LogP contribution in [0.15, 0.2) is 54.6 Å². The van der Waals surface area contributed by atoms with Crippen molar-refractivity contribution in [1.29, 1.82) is 0 Å². The molecule has 0 aliphatic rings. The van der Waals surface area contributed by atoms with E-state index >= 15 is 0 Å². The van der Waals surface area contributed by atoms with Crippen molar-refractivity contribution in [3.05, 3.63) is 65.7 Å². The molecule has 0 atom stereocenters. The topological polar surface area (TPSA) is 9.23 Å². The van der Waals surface area contributed by atoms with Crippen molar-refractivity contribution in [2.75, 3.05) is 7.11 Å². The summed E-state index contributed by atoms with van der Waals surface area (Å²) in [5.74, 6) is 0.944. The quantitative estimate of drug-likeness (QED) is 0.717. The number of hydrogen-bond acceptors (Lipinski definition) is 1. The van der Waals surface area contributed by atoms with Crippen LogP contribution in [0.25, 0.3) is 0 Å². The maximum Gasteiger partial charge on any atom is 0.119 e. The lowest BCUT2D eigenvalue weighted by atomic mass is 10.1. The van der Waals surface area contributed by atoms with E-state index in [2.05, 4.69) is 56.3 Å². The second kappa shape index (κ2) is 10.1. The second-order valence-electron chi connectivity index (χ2n) is 4.79. The predicted octanol–water partition coefficient (Wildman–Crippen LogP) is 5.29. The summed E-state index contributed by atoms with van der Waals surface area (Å²) in [5.41, 5.74) is 2.78. The van der Waals surface area contributed by atoms with Crippen molar-refractivity contribution in [3.63, 3.8) is 0 Å². The standard InChI is InChI=1S/C10H14.C9H12O/c1-2-3-7-10-8-5-4-6-9-10;1-3-8-5-4-6-9(7-8)10-2/h4-6,8-9H,2-3,7H2,1H3;4-7H,3H2,1-2H3. The van der Waals surface area contributed by atoms with Gasteiger partial charge in [-0.3, -0.25) is 0 Å². The SMILES string of the molecule is CCCCc1ccccc1.CCc1cccc(OC)c1. The van der Waals surface area contributed by atoms with E-state index in [1.165, 1.54) is 30.4 Å². The normalized spacial score (nSPS) is 9.55. The number of aryl methyl sites for hydroxylation is 2. The maximum atomic E-state index is 5.06. The monoisotopic (exact) mass is 270 g/mol. The Morgan fingerprint density at radius 2 is 1.55 bits per heavy atom. The van der Waals surface area contributed by atoms with Crippen LogP contribution in [-0.2, 0) is 12.8 Å². The first-order valence-electron chi connectivity index (χ1n) is 7.47. The summed E-state index contributed by atoms with van der Waals surface area (Å²) in [6.45, 7) is 4.36. The third-order valence-electron chi connectivity index (χ3n) is 3.20. The van der Waals surface area contributed by atoms with E-state index in [1.807, 2.05) is 12.1 Å². The Labute approximate surface area is 123 Å². The summed E-state index contributed by atoms with van der Waals surface area (Å²) in [6.07, 6.45) is 4.90. The van der Waals surface area contributed by atoms with Crippen molar-refractivity contribution in [3.8, 4) is 5.75 Å². The summed E-state index contributed by atoms with van der Waals surface area (Å²) >= 11 is 0. The largest absolute Gasteiger partial charge is 0.497 e. The van der Waals surface area contributed by atoms with E-state index in [-0.39, 0.29) is 0 Å². The Bertz CT molecular complexity index is 443. The number of unbranched alkanes of at least 4 members (excludes halogenated alkanes) is 1. The molecular weight excluding hydrogens is 244 g/mol. The highest BCUT2D eigenvalue weighted by Gasteiger charge is 1.90. The van der Waals surface area contributed by atoms with E-state index in [4.69, 9.17) is 4.74 Å². The number of ether oxygens (including phenoxy) is 1. The third-order valence-corrected chi connectivity index (χ3v) is 3.20. The molecule has 0 N–H and O–H groups in total. The van der Waals surface area contributed by atoms with Crippen LogP contribution < -0.4 is 4.74 Å². The maximum absolute atomic E-state index is 5.06. The molecule has 0 aliphatic heterocycles. The van der Waals surface area contributed by atoms with Crippen LogP contribution in [0, 0.1) is 0 Å². The van der Waals surface area contributed by atoms with Gasteiger partial charge in [-0.1, -0.05) is 62.7 Å². The minimum atomic E-state index is 0.944. The average molecular weight is 270 g/mol. The highest BCUT2D eigenvalue weighted by molar-refractivity contribution is 5.28. The number of benzene rings is 2. The Morgan fingerprint density at radius 3 is 2.15 bits per heavy atom. The van der Waals surface area contributed by atoms with Gasteiger partial charge >= 0.3 is 0 Å². The van der Waals surface area contributed by atoms with Gasteiger partial charge in [0, 0.05) is 0 Å². The minimum Gasteiger partial charge on any atom is -0.497 e. The molecule has 20 heavy (non-hydrogen) atoms. The smallest absolute Gasteiger partial charge is 0.119 e. The van der Waals surface area contributed by atoms with Gasteiger partial charge in [-0.05, 0) is 42.5 Å². The van der Waals surface area contributed by atoms with Gasteiger partial charge in [0.1, 0.15) is 5.75 Å². The fraction of sp³-hybridized carbons (Fsp3) is 0.368. The molecule has 2 rings (SSSR count). The van der Waals surface area contributed by atoms with Crippen LogP contribution in [0.5, 0.6) is 5.75 Å². The molecule has 108 valence electrons. The van der Waals surface area contributed by atoms with Gasteiger partial charge in [0.2, 0.25) is 0 Å². The van der Waals surface area contributed by atoms with Gasteiger partial charge in [0.05, 0.1) is 7.11 Å². The molecule has 0 fully saturated rings. The Balaban J connectivity index is 0.000000200. The molecule has 2 aromatic rings. The van der Waals surface area contributed by atoms with Crippen molar-refractivity contribution >= 4 is 0 Å². The molecule has 1 heteroatoms. The highest BCUT2D eigenvalue weighted by atomic mass is 16.5. The Kier molecular flexibility index (Phi) is 8.21. The van der Waals surface area contributed by atoms with Crippen LogP contribution in [-0.4, -0.2) is 7.11 Å². The zero-order valence-electron chi connectivity index (χ0n) is 12.9. The van der Waals surface area contributed by atoms with Crippen LogP contribution in [0.1, 0.15) is 37.8 Å². The lowest BCUT2D eigenvalue weighted by molar-refractivity contribution is 0.414. The number of hydrogen-bond donors (Lipinski definition) is 0. The van der Waals surface area contributed by atoms with E-state index in [0.717, 1.165) is 12.2 Å². The van der Waals surface area contributed by atoms with Crippen molar-refractivity contribution in [2.45, 2.75) is 39.5 Å². The molecule has 0 spiro atoms. The zero-order chi connectivity index (χ0) is 14.6. The first-order chi connectivity index (χ1) is 9.80. The summed E-state index contributed by atoms with van der Waals surface area (Å²) < 4.78 is 5.06. The summed E-state index contributed by atoms with van der Waals surface area (Å²) in [7, 11) is 1.69. The van der Waals surface area contributed by atoms with Gasteiger partial charge in [-0.15, -0.1) is 0 Å². The van der Waals surface area contributed by atoms with Gasteiger partial charge in [0.25, 0.3) is 0 Å². The molecule has 0 aromatic heterocycles. The molecule has 0 saturated carbocycles. The van der Waals surface area contributed by atoms with Crippen LogP contribution in [0.4, 0.5) is 0 Å². The first-order valence-corrected chi connectivity index (χ1v) is 7.47. The van der Waals surface area contributed by atoms with Gasteiger partial charge < -0.3 is 4.74 Å². The number of rotatable bonds is 5. The van der Waals surface area contributed by atoms with E-state index < -0.39 is 0 Å². The highest BCUT2D eigenvalue weighted by Crippen LogP contribution is 2.12. The molecule has 0 aliphatic carbocycles. The van der Waals surface area contributed by atoms with Crippen molar-refractivity contribution in [1.82, 2.24) is 0 Å².